The minimum Gasteiger partial charge on any atom is -0.392 e. The standard InChI is InChI=1S/C21H21F6N5O3S/c1-10(2)16-18-29-13-6-11(9-33)15(36(3,34)35)7-14(13)31(18)4-5-32(16)19-28-8-12(20(22,23)24)17(30-19)21(25,26)27/h6-8,10,16,33H,4-5,9H2,1-3H3/t16-/m1/s1. The number of nitrogens with zero attached hydrogens (tertiary/aromatic N) is 5. The normalized spacial score (nSPS) is 17.2. The van der Waals surface area contributed by atoms with Gasteiger partial charge in [-0.15, -0.1) is 0 Å². The number of halogens is 6. The Morgan fingerprint density at radius 1 is 1.08 bits per heavy atom. The molecule has 1 aliphatic rings. The number of imidazole rings is 1. The highest BCUT2D eigenvalue weighted by Crippen LogP contribution is 2.42. The van der Waals surface area contributed by atoms with Gasteiger partial charge in [-0.25, -0.2) is 23.4 Å². The van der Waals surface area contributed by atoms with Crippen molar-refractivity contribution < 1.29 is 39.9 Å². The first-order chi connectivity index (χ1) is 16.5. The second-order valence-corrected chi connectivity index (χ2v) is 10.8. The molecule has 0 aliphatic carbocycles. The molecule has 0 fully saturated rings. The van der Waals surface area contributed by atoms with Crippen molar-refractivity contribution in [2.45, 2.75) is 50.3 Å². The summed E-state index contributed by atoms with van der Waals surface area (Å²) in [5.41, 5.74) is -3.12. The molecule has 0 saturated carbocycles. The second kappa shape index (κ2) is 8.57. The van der Waals surface area contributed by atoms with Gasteiger partial charge >= 0.3 is 12.4 Å². The van der Waals surface area contributed by atoms with Gasteiger partial charge in [0, 0.05) is 25.5 Å². The molecule has 36 heavy (non-hydrogen) atoms. The molecule has 0 radical (unpaired) electrons. The van der Waals surface area contributed by atoms with Crippen molar-refractivity contribution in [3.05, 3.63) is 41.0 Å². The van der Waals surface area contributed by atoms with Crippen LogP contribution in [0.15, 0.2) is 23.2 Å². The number of anilines is 1. The first kappa shape index (κ1) is 26.1. The molecule has 196 valence electrons. The summed E-state index contributed by atoms with van der Waals surface area (Å²) in [4.78, 5) is 12.7. The number of fused-ring (bicyclic) bond motifs is 3. The van der Waals surface area contributed by atoms with Crippen molar-refractivity contribution in [1.29, 1.82) is 0 Å². The molecule has 0 unspecified atom stereocenters. The molecule has 0 spiro atoms. The highest BCUT2D eigenvalue weighted by atomic mass is 32.2. The van der Waals surface area contributed by atoms with Crippen molar-refractivity contribution >= 4 is 26.8 Å². The lowest BCUT2D eigenvalue weighted by Crippen LogP contribution is -2.42. The van der Waals surface area contributed by atoms with Crippen LogP contribution < -0.4 is 4.90 Å². The van der Waals surface area contributed by atoms with Gasteiger partial charge in [-0.1, -0.05) is 13.8 Å². The molecule has 0 saturated heterocycles. The molecule has 2 aromatic heterocycles. The van der Waals surface area contributed by atoms with Crippen molar-refractivity contribution in [2.75, 3.05) is 17.7 Å². The van der Waals surface area contributed by atoms with Crippen LogP contribution in [0.4, 0.5) is 32.3 Å². The third-order valence-corrected chi connectivity index (χ3v) is 7.11. The Kier molecular flexibility index (Phi) is 6.22. The quantitative estimate of drug-likeness (QED) is 0.503. The van der Waals surface area contributed by atoms with E-state index in [1.165, 1.54) is 17.0 Å². The van der Waals surface area contributed by atoms with Gasteiger partial charge in [0.1, 0.15) is 11.4 Å². The summed E-state index contributed by atoms with van der Waals surface area (Å²) in [6.07, 6.45) is -9.52. The average molecular weight is 537 g/mol. The minimum absolute atomic E-state index is 0.0277. The molecule has 1 N–H and O–H groups in total. The van der Waals surface area contributed by atoms with E-state index >= 15 is 0 Å². The Morgan fingerprint density at radius 3 is 2.28 bits per heavy atom. The number of sulfone groups is 1. The fourth-order valence-electron chi connectivity index (χ4n) is 4.45. The summed E-state index contributed by atoms with van der Waals surface area (Å²) in [5.74, 6) is -0.467. The second-order valence-electron chi connectivity index (χ2n) is 8.81. The summed E-state index contributed by atoms with van der Waals surface area (Å²) < 4.78 is 106. The Morgan fingerprint density at radius 2 is 1.75 bits per heavy atom. The third kappa shape index (κ3) is 4.49. The molecule has 3 heterocycles. The van der Waals surface area contributed by atoms with E-state index in [2.05, 4.69) is 15.0 Å². The number of benzene rings is 1. The van der Waals surface area contributed by atoms with Gasteiger partial charge in [0.15, 0.2) is 15.5 Å². The molecule has 1 aromatic carbocycles. The van der Waals surface area contributed by atoms with E-state index in [0.717, 1.165) is 6.26 Å². The van der Waals surface area contributed by atoms with E-state index in [9.17, 15) is 39.9 Å². The topological polar surface area (TPSA) is 101 Å². The maximum atomic E-state index is 13.5. The maximum absolute atomic E-state index is 13.5. The highest BCUT2D eigenvalue weighted by Gasteiger charge is 2.46. The number of hydrogen-bond acceptors (Lipinski definition) is 7. The summed E-state index contributed by atoms with van der Waals surface area (Å²) in [5, 5.41) is 9.65. The van der Waals surface area contributed by atoms with Gasteiger partial charge in [0.2, 0.25) is 5.95 Å². The van der Waals surface area contributed by atoms with Crippen LogP contribution in [0, 0.1) is 5.92 Å². The number of aromatic nitrogens is 4. The number of aliphatic hydroxyl groups is 1. The van der Waals surface area contributed by atoms with Crippen molar-refractivity contribution in [1.82, 2.24) is 19.5 Å². The Hall–Kier alpha value is -2.94. The number of hydrogen-bond donors (Lipinski definition) is 1. The minimum atomic E-state index is -5.36. The summed E-state index contributed by atoms with van der Waals surface area (Å²) in [6, 6.07) is 2.08. The van der Waals surface area contributed by atoms with Crippen LogP contribution in [0.5, 0.6) is 0 Å². The number of rotatable bonds is 4. The van der Waals surface area contributed by atoms with Crippen LogP contribution in [0.25, 0.3) is 11.0 Å². The largest absolute Gasteiger partial charge is 0.434 e. The summed E-state index contributed by atoms with van der Waals surface area (Å²) in [7, 11) is -3.69. The lowest BCUT2D eigenvalue weighted by atomic mass is 10.00. The first-order valence-corrected chi connectivity index (χ1v) is 12.5. The van der Waals surface area contributed by atoms with Crippen LogP contribution in [-0.2, 0) is 35.3 Å². The Balaban J connectivity index is 1.88. The van der Waals surface area contributed by atoms with Gasteiger partial charge in [-0.3, -0.25) is 0 Å². The van der Waals surface area contributed by atoms with Crippen LogP contribution in [-0.4, -0.2) is 45.8 Å². The van der Waals surface area contributed by atoms with E-state index in [0.29, 0.717) is 16.9 Å². The molecule has 8 nitrogen and oxygen atoms in total. The monoisotopic (exact) mass is 537 g/mol. The van der Waals surface area contributed by atoms with Gasteiger partial charge in [0.05, 0.1) is 28.6 Å². The van der Waals surface area contributed by atoms with Gasteiger partial charge < -0.3 is 14.6 Å². The average Bonchev–Trinajstić information content (AvgIpc) is 3.12. The molecule has 0 amide bonds. The van der Waals surface area contributed by atoms with Crippen LogP contribution in [0.1, 0.15) is 42.5 Å². The van der Waals surface area contributed by atoms with Crippen molar-refractivity contribution in [3.8, 4) is 0 Å². The number of alkyl halides is 6. The zero-order chi connectivity index (χ0) is 26.8. The fourth-order valence-corrected chi connectivity index (χ4v) is 5.37. The lowest BCUT2D eigenvalue weighted by molar-refractivity contribution is -0.165. The third-order valence-electron chi connectivity index (χ3n) is 5.93. The van der Waals surface area contributed by atoms with E-state index in [1.807, 2.05) is 0 Å². The molecule has 0 bridgehead atoms. The van der Waals surface area contributed by atoms with Gasteiger partial charge in [0.25, 0.3) is 0 Å². The van der Waals surface area contributed by atoms with E-state index in [4.69, 9.17) is 0 Å². The van der Waals surface area contributed by atoms with E-state index in [1.54, 1.807) is 18.4 Å². The highest BCUT2D eigenvalue weighted by molar-refractivity contribution is 7.90. The molecular formula is C21H21F6N5O3S. The first-order valence-electron chi connectivity index (χ1n) is 10.7. The number of aliphatic hydroxyl groups excluding tert-OH is 1. The molecule has 15 heteroatoms. The Bertz CT molecular complexity index is 1430. The predicted octanol–water partition coefficient (Wildman–Crippen LogP) is 3.98. The molecule has 1 atom stereocenters. The predicted molar refractivity (Wildman–Crippen MR) is 116 cm³/mol. The zero-order valence-electron chi connectivity index (χ0n) is 19.2. The van der Waals surface area contributed by atoms with Crippen LogP contribution >= 0.6 is 0 Å². The van der Waals surface area contributed by atoms with E-state index < -0.39 is 52.0 Å². The van der Waals surface area contributed by atoms with Gasteiger partial charge in [-0.05, 0) is 23.6 Å². The van der Waals surface area contributed by atoms with E-state index in [-0.39, 0.29) is 35.7 Å². The maximum Gasteiger partial charge on any atom is 0.434 e. The van der Waals surface area contributed by atoms with Crippen LogP contribution in [0.3, 0.4) is 0 Å². The zero-order valence-corrected chi connectivity index (χ0v) is 20.0. The Labute approximate surface area is 201 Å². The van der Waals surface area contributed by atoms with Crippen molar-refractivity contribution in [2.24, 2.45) is 5.92 Å². The van der Waals surface area contributed by atoms with Crippen molar-refractivity contribution in [3.63, 3.8) is 0 Å². The fraction of sp³-hybridized carbons (Fsp3) is 0.476. The lowest BCUT2D eigenvalue weighted by Gasteiger charge is -2.38. The molecule has 4 rings (SSSR count). The smallest absolute Gasteiger partial charge is 0.392 e. The summed E-state index contributed by atoms with van der Waals surface area (Å²) in [6.45, 7) is 3.10. The molecule has 1 aliphatic heterocycles. The van der Waals surface area contributed by atoms with Crippen LogP contribution in [0.2, 0.25) is 0 Å². The van der Waals surface area contributed by atoms with Gasteiger partial charge in [-0.2, -0.15) is 26.3 Å². The summed E-state index contributed by atoms with van der Waals surface area (Å²) >= 11 is 0. The SMILES string of the molecule is CC(C)[C@@H]1c2nc3cc(CO)c(S(C)(=O)=O)cc3n2CCN1c1ncc(C(F)(F)F)c(C(F)(F)F)n1. The molecular weight excluding hydrogens is 516 g/mol. The molecule has 3 aromatic rings.